The third-order valence-corrected chi connectivity index (χ3v) is 12.2. The van der Waals surface area contributed by atoms with E-state index in [1.54, 1.807) is 0 Å². The minimum absolute atomic E-state index is 0.102. The van der Waals surface area contributed by atoms with E-state index in [4.69, 9.17) is 9.47 Å². The van der Waals surface area contributed by atoms with Gasteiger partial charge in [-0.2, -0.15) is 0 Å². The van der Waals surface area contributed by atoms with Crippen LogP contribution in [-0.2, 0) is 51.2 Å². The zero-order valence-electron chi connectivity index (χ0n) is 36.2. The van der Waals surface area contributed by atoms with E-state index in [-0.39, 0.29) is 24.8 Å². The van der Waals surface area contributed by atoms with Gasteiger partial charge < -0.3 is 39.4 Å². The van der Waals surface area contributed by atoms with Gasteiger partial charge in [0.05, 0.1) is 53.4 Å². The van der Waals surface area contributed by atoms with Crippen LogP contribution in [0.2, 0.25) is 0 Å². The summed E-state index contributed by atoms with van der Waals surface area (Å²) in [5, 5.41) is 7.58. The Balaban J connectivity index is 1.69. The van der Waals surface area contributed by atoms with Crippen LogP contribution in [0.3, 0.4) is 0 Å². The van der Waals surface area contributed by atoms with Crippen molar-refractivity contribution in [2.75, 3.05) is 14.2 Å². The summed E-state index contributed by atoms with van der Waals surface area (Å²) in [7, 11) is 2.83. The smallest absolute Gasteiger partial charge is 0.309 e. The van der Waals surface area contributed by atoms with Crippen molar-refractivity contribution in [1.29, 1.82) is 0 Å². The van der Waals surface area contributed by atoms with Crippen molar-refractivity contribution in [1.82, 2.24) is 29.9 Å². The average Bonchev–Trinajstić information content (AvgIpc) is 4.05. The quantitative estimate of drug-likeness (QED) is 0.0821. The molecule has 0 unspecified atom stereocenters. The molecule has 306 valence electrons. The second-order valence-electron chi connectivity index (χ2n) is 15.2. The molecule has 6 aromatic rings. The second kappa shape index (κ2) is 17.3. The number of esters is 2. The Labute approximate surface area is 339 Å². The molecule has 58 heavy (non-hydrogen) atoms. The summed E-state index contributed by atoms with van der Waals surface area (Å²) in [5.74, 6) is -0.604. The van der Waals surface area contributed by atoms with Gasteiger partial charge in [-0.25, -0.2) is 0 Å². The first-order valence-corrected chi connectivity index (χ1v) is 20.5. The van der Waals surface area contributed by atoms with Gasteiger partial charge in [0.25, 0.3) is 0 Å². The van der Waals surface area contributed by atoms with Crippen LogP contribution < -0.4 is 21.1 Å². The molecule has 0 aliphatic rings. The predicted molar refractivity (Wildman–Crippen MR) is 233 cm³/mol. The highest BCUT2D eigenvalue weighted by Gasteiger charge is 2.19. The zero-order chi connectivity index (χ0) is 42.0. The topological polar surface area (TPSA) is 147 Å². The van der Waals surface area contributed by atoms with Crippen molar-refractivity contribution in [3.63, 3.8) is 0 Å². The maximum absolute atomic E-state index is 12.6. The molecule has 0 aromatic carbocycles. The normalized spacial score (nSPS) is 13.9. The highest BCUT2D eigenvalue weighted by atomic mass is 16.5. The zero-order valence-corrected chi connectivity index (χ0v) is 36.2. The Morgan fingerprint density at radius 1 is 0.603 bits per heavy atom. The first kappa shape index (κ1) is 41.7. The van der Waals surface area contributed by atoms with Crippen LogP contribution in [0.5, 0.6) is 0 Å². The van der Waals surface area contributed by atoms with E-state index in [1.165, 1.54) is 53.2 Å². The fraction of sp³-hybridized carbons (Fsp3) is 0.375. The number of rotatable bonds is 12. The predicted octanol–water partition coefficient (Wildman–Crippen LogP) is 6.20. The number of ether oxygens (including phenoxy) is 2. The third-order valence-electron chi connectivity index (χ3n) is 12.2. The molecule has 0 fully saturated rings. The molecule has 6 heterocycles. The molecule has 0 aliphatic heterocycles. The minimum atomic E-state index is -0.327. The number of aromatic amines is 6. The Morgan fingerprint density at radius 3 is 1.88 bits per heavy atom. The van der Waals surface area contributed by atoms with E-state index in [0.29, 0.717) is 6.42 Å². The maximum atomic E-state index is 12.6. The van der Waals surface area contributed by atoms with E-state index in [1.807, 2.05) is 12.3 Å². The minimum Gasteiger partial charge on any atom is -0.469 e. The van der Waals surface area contributed by atoms with Gasteiger partial charge >= 0.3 is 11.9 Å². The summed E-state index contributed by atoms with van der Waals surface area (Å²) in [4.78, 5) is 47.2. The molecule has 0 amide bonds. The van der Waals surface area contributed by atoms with Gasteiger partial charge in [0.2, 0.25) is 0 Å². The number of methoxy groups -OCH3 is 2. The summed E-state index contributed by atoms with van der Waals surface area (Å²) in [6.45, 7) is 23.7. The van der Waals surface area contributed by atoms with Crippen molar-refractivity contribution < 1.29 is 19.1 Å². The molecule has 0 radical (unpaired) electrons. The number of aromatic nitrogens is 6. The van der Waals surface area contributed by atoms with Crippen LogP contribution in [0, 0.1) is 56.0 Å². The number of H-pyrrole nitrogens is 6. The van der Waals surface area contributed by atoms with Gasteiger partial charge in [-0.15, -0.1) is 0 Å². The number of nitrogens with one attached hydrogen (secondary N) is 6. The Morgan fingerprint density at radius 2 is 1.26 bits per heavy atom. The summed E-state index contributed by atoms with van der Waals surface area (Å²) in [6.07, 6.45) is 14.8. The monoisotopic (exact) mass is 784 g/mol. The lowest BCUT2D eigenvalue weighted by Gasteiger charge is -2.01. The van der Waals surface area contributed by atoms with Crippen molar-refractivity contribution in [2.45, 2.75) is 107 Å². The molecule has 0 atom stereocenters. The van der Waals surface area contributed by atoms with Crippen LogP contribution in [-0.4, -0.2) is 56.1 Å². The fourth-order valence-corrected chi connectivity index (χ4v) is 8.60. The Bertz CT molecular complexity index is 2960. The van der Waals surface area contributed by atoms with E-state index in [2.05, 4.69) is 117 Å². The second-order valence-corrected chi connectivity index (χ2v) is 15.2. The fourth-order valence-electron chi connectivity index (χ4n) is 8.60. The maximum Gasteiger partial charge on any atom is 0.309 e. The van der Waals surface area contributed by atoms with Crippen LogP contribution in [0.25, 0.3) is 36.2 Å². The largest absolute Gasteiger partial charge is 0.469 e. The third kappa shape index (κ3) is 7.60. The van der Waals surface area contributed by atoms with Crippen molar-refractivity contribution >= 4 is 36.7 Å². The lowest BCUT2D eigenvalue weighted by Crippen LogP contribution is -2.10. The number of carbonyl (C=O) groups excluding carboxylic acids is 2. The van der Waals surface area contributed by atoms with Crippen LogP contribution >= 0.6 is 0 Å². The van der Waals surface area contributed by atoms with Gasteiger partial charge in [0.1, 0.15) is 0 Å². The molecule has 10 heteroatoms. The highest BCUT2D eigenvalue weighted by molar-refractivity contribution is 5.75. The van der Waals surface area contributed by atoms with Crippen molar-refractivity contribution in [2.24, 2.45) is 0 Å². The van der Waals surface area contributed by atoms with E-state index in [9.17, 15) is 9.59 Å². The number of hydrogen-bond donors (Lipinski definition) is 6. The van der Waals surface area contributed by atoms with Gasteiger partial charge in [0, 0.05) is 46.1 Å². The Hall–Kier alpha value is -5.90. The van der Waals surface area contributed by atoms with Crippen molar-refractivity contribution in [3.05, 3.63) is 122 Å². The summed E-state index contributed by atoms with van der Waals surface area (Å²) in [5.41, 5.74) is 15.8. The molecule has 6 N–H and O–H groups in total. The van der Waals surface area contributed by atoms with Gasteiger partial charge in [-0.3, -0.25) is 9.59 Å². The molecular formula is C48H60N6O4. The molecule has 0 bridgehead atoms. The number of carbonyl (C=O) groups is 2. The molecule has 10 nitrogen and oxygen atoms in total. The average molecular weight is 785 g/mol. The summed E-state index contributed by atoms with van der Waals surface area (Å²) < 4.78 is 10.2. The number of aryl methyl sites for hydroxylation is 2. The summed E-state index contributed by atoms with van der Waals surface area (Å²) >= 11 is 0. The van der Waals surface area contributed by atoms with Crippen molar-refractivity contribution in [3.8, 4) is 11.4 Å². The highest BCUT2D eigenvalue weighted by Crippen LogP contribution is 2.31. The molecule has 0 saturated carbocycles. The first-order chi connectivity index (χ1) is 27.8. The molecular weight excluding hydrogens is 725 g/mol. The van der Waals surface area contributed by atoms with E-state index >= 15 is 0 Å². The molecule has 0 aliphatic carbocycles. The van der Waals surface area contributed by atoms with Crippen LogP contribution in [0.15, 0.2) is 12.4 Å². The van der Waals surface area contributed by atoms with Gasteiger partial charge in [-0.05, 0) is 140 Å². The molecule has 0 spiro atoms. The van der Waals surface area contributed by atoms with Crippen LogP contribution in [0.1, 0.15) is 108 Å². The lowest BCUT2D eigenvalue weighted by atomic mass is 10.0. The van der Waals surface area contributed by atoms with E-state index in [0.717, 1.165) is 108 Å². The summed E-state index contributed by atoms with van der Waals surface area (Å²) in [6, 6.07) is 0. The van der Waals surface area contributed by atoms with E-state index < -0.39 is 0 Å². The molecule has 0 saturated heterocycles. The van der Waals surface area contributed by atoms with Gasteiger partial charge in [-0.1, -0.05) is 40.3 Å². The Kier molecular flexibility index (Phi) is 12.4. The lowest BCUT2D eigenvalue weighted by molar-refractivity contribution is -0.141. The first-order valence-electron chi connectivity index (χ1n) is 20.5. The van der Waals surface area contributed by atoms with Crippen LogP contribution in [0.4, 0.5) is 0 Å². The number of hydrogen-bond acceptors (Lipinski definition) is 4. The SMILES string of the molecule is C=c1c(CC)c[nH]/c1=c1\[nH]c(=Cc2[nH]/c(=c3/[nH]c(=Cc4[nH]c(-c5[nH]cc(CC)c5C)c(C)c4CC)c(C)c3CCC(=O)OC)c(=CCC(=O)OC)c2C)c(CC)c1C. The molecule has 6 aromatic heterocycles. The standard InChI is InChI=1S/C48H60N6O4/c1-13-31-23-49-43(25(31)5)45-29(9)33(15-3)39(53-45)21-37-27(7)35(17-19-41(55)57-11)47(51-37)48-36(18-20-42(56)58-12)28(8)38(52-48)22-40-34(16-4)30(10)46(54-40)44-26(6)32(14-2)24-50-44/h17,21-24,49-54H,5,13-16,18-20H2,1-4,6-12H3/b35-17?,38-22?,39-21?,45-43-,48-47+. The van der Waals surface area contributed by atoms with Gasteiger partial charge in [0.15, 0.2) is 0 Å². The molecule has 6 rings (SSSR count).